The molecule has 30 N–H and O–H groups in total. The Balaban J connectivity index is 2.96. The van der Waals surface area contributed by atoms with Crippen molar-refractivity contribution < 1.29 is 0 Å². The topological polar surface area (TPSA) is 365 Å². The Labute approximate surface area is 157 Å². The van der Waals surface area contributed by atoms with E-state index < -0.39 is 0 Å². The summed E-state index contributed by atoms with van der Waals surface area (Å²) in [7, 11) is 0. The third-order valence-electron chi connectivity index (χ3n) is 1.58. The molecule has 0 radical (unpaired) electrons. The van der Waals surface area contributed by atoms with Crippen LogP contribution < -0.4 is 156 Å². The van der Waals surface area contributed by atoms with Crippen molar-refractivity contribution in [3.05, 3.63) is 0 Å². The van der Waals surface area contributed by atoms with Crippen molar-refractivity contribution in [1.82, 2.24) is 144 Å². The Morgan fingerprint density at radius 3 is 0.393 bits per heavy atom. The molecule has 0 aliphatic carbocycles. The van der Waals surface area contributed by atoms with E-state index in [-0.39, 0.29) is 0 Å². The molecule has 0 aromatic rings. The summed E-state index contributed by atoms with van der Waals surface area (Å²) in [4.78, 5) is 0. The van der Waals surface area contributed by atoms with Crippen LogP contribution in [-0.4, -0.2) is 0 Å². The molecule has 0 amide bonds. The highest BCUT2D eigenvalue weighted by atomic mass is 16.0. The highest BCUT2D eigenvalue weighted by molar-refractivity contribution is 4.18. The lowest BCUT2D eigenvalue weighted by atomic mass is 12.0. The molecule has 0 aromatic heterocycles. The van der Waals surface area contributed by atoms with Gasteiger partial charge in [0.2, 0.25) is 0 Å². The zero-order valence-corrected chi connectivity index (χ0v) is 14.2. The molecular weight excluding hydrogens is 392 g/mol. The molecule has 0 unspecified atom stereocenters. The molecule has 0 rings (SSSR count). The van der Waals surface area contributed by atoms with E-state index in [0.717, 1.165) is 0 Å². The van der Waals surface area contributed by atoms with Gasteiger partial charge in [0.1, 0.15) is 0 Å². The second-order valence-corrected chi connectivity index (χ2v) is 3.29. The van der Waals surface area contributed by atoms with Crippen molar-refractivity contribution in [2.24, 2.45) is 11.7 Å². The van der Waals surface area contributed by atoms with Gasteiger partial charge in [-0.1, -0.05) is 0 Å². The number of rotatable bonds is 25. The summed E-state index contributed by atoms with van der Waals surface area (Å²) in [5.41, 5.74) is 63.2. The maximum Gasteiger partial charge on any atom is -0.164 e. The van der Waals surface area contributed by atoms with Gasteiger partial charge < -0.3 is 0 Å². The Kier molecular flexibility index (Phi) is 24.8. The standard InChI is InChI=1S/H30N28/c1-3-5-7-9-11-13-15-17-19-21-23-25-27-28-26-24-22-20-18-16-14-12-10-8-6-4-2/h3-28H,1-2H2. The van der Waals surface area contributed by atoms with E-state index in [1.54, 1.807) is 0 Å². The predicted molar refractivity (Wildman–Crippen MR) is 89.9 cm³/mol. The van der Waals surface area contributed by atoms with Crippen LogP contribution in [-0.2, 0) is 0 Å². The molecule has 0 saturated heterocycles. The lowest BCUT2D eigenvalue weighted by molar-refractivity contribution is 0.186. The Morgan fingerprint density at radius 2 is 0.286 bits per heavy atom. The number of hydrogen-bond acceptors (Lipinski definition) is 28. The van der Waals surface area contributed by atoms with Crippen LogP contribution in [0.15, 0.2) is 0 Å². The molecule has 28 nitrogen and oxygen atoms in total. The lowest BCUT2D eigenvalue weighted by Gasteiger charge is -2.15. The number of nitrogens with one attached hydrogen (secondary N) is 26. The largest absolute Gasteiger partial charge is 0.257 e. The molecule has 0 atom stereocenters. The molecule has 0 spiro atoms. The van der Waals surface area contributed by atoms with Gasteiger partial charge in [0.05, 0.1) is 0 Å². The minimum Gasteiger partial charge on any atom is -0.257 e. The highest BCUT2D eigenvalue weighted by Crippen LogP contribution is 1.30. The molecule has 28 heavy (non-hydrogen) atoms. The second-order valence-electron chi connectivity index (χ2n) is 3.29. The molecular formula is H30N28. The van der Waals surface area contributed by atoms with Gasteiger partial charge in [-0.2, -0.15) is 144 Å². The van der Waals surface area contributed by atoms with Crippen LogP contribution >= 0.6 is 0 Å². The number of hydrogen-bond donors (Lipinski definition) is 28. The summed E-state index contributed by atoms with van der Waals surface area (Å²) in [6, 6.07) is 0. The molecule has 28 heteroatoms. The molecule has 0 fully saturated rings. The first-order chi connectivity index (χ1) is 13.9. The number of nitrogens with two attached hydrogens (primary N) is 2. The summed E-state index contributed by atoms with van der Waals surface area (Å²) in [5.74, 6) is 9.83. The SMILES string of the molecule is NNNNNNNNNNNNNNNNNNNNNNNNNNNN. The molecule has 0 saturated carbocycles. The Bertz CT molecular complexity index is 218. The van der Waals surface area contributed by atoms with E-state index in [4.69, 9.17) is 11.7 Å². The van der Waals surface area contributed by atoms with Gasteiger partial charge in [-0.15, -0.1) is 0 Å². The van der Waals surface area contributed by atoms with Crippen molar-refractivity contribution in [3.8, 4) is 0 Å². The first-order valence-corrected chi connectivity index (χ1v) is 6.83. The van der Waals surface area contributed by atoms with Gasteiger partial charge in [-0.05, 0) is 0 Å². The van der Waals surface area contributed by atoms with Crippen molar-refractivity contribution in [1.29, 1.82) is 0 Å². The third kappa shape index (κ3) is 24.9. The van der Waals surface area contributed by atoms with E-state index in [0.29, 0.717) is 0 Å². The second kappa shape index (κ2) is 25.9. The average Bonchev–Trinajstić information content (AvgIpc) is 2.71. The van der Waals surface area contributed by atoms with Crippen LogP contribution in [0.25, 0.3) is 0 Å². The smallest absolute Gasteiger partial charge is 0.164 e. The lowest BCUT2D eigenvalue weighted by Crippen LogP contribution is -2.70. The predicted octanol–water partition coefficient (Wildman–Crippen LogP) is -14.1. The maximum absolute atomic E-state index is 4.91. The monoisotopic (exact) mass is 422 g/mol. The van der Waals surface area contributed by atoms with Crippen molar-refractivity contribution in [3.63, 3.8) is 0 Å². The van der Waals surface area contributed by atoms with Gasteiger partial charge in [-0.3, -0.25) is 11.7 Å². The molecule has 0 heterocycles. The van der Waals surface area contributed by atoms with Gasteiger partial charge in [0, 0.05) is 0 Å². The fourth-order valence-electron chi connectivity index (χ4n) is 0.760. The zero-order chi connectivity index (χ0) is 20.4. The minimum atomic E-state index is 2.12. The van der Waals surface area contributed by atoms with Gasteiger partial charge in [0.25, 0.3) is 0 Å². The Hall–Kier alpha value is -1.12. The maximum atomic E-state index is 4.91. The van der Waals surface area contributed by atoms with E-state index in [9.17, 15) is 0 Å². The van der Waals surface area contributed by atoms with Crippen LogP contribution in [0.5, 0.6) is 0 Å². The van der Waals surface area contributed by atoms with Crippen molar-refractivity contribution >= 4 is 0 Å². The minimum absolute atomic E-state index is 2.12. The number of hydrazine groups is 27. The summed E-state index contributed by atoms with van der Waals surface area (Å²) in [6.45, 7) is 0. The molecule has 0 aromatic carbocycles. The van der Waals surface area contributed by atoms with E-state index >= 15 is 0 Å². The molecule has 170 valence electrons. The fraction of sp³-hybridized carbons (Fsp3) is 0. The van der Waals surface area contributed by atoms with E-state index in [2.05, 4.69) is 144 Å². The van der Waals surface area contributed by atoms with Gasteiger partial charge in [0.15, 0.2) is 0 Å². The van der Waals surface area contributed by atoms with Gasteiger partial charge >= 0.3 is 0 Å². The normalized spacial score (nSPS) is 11.4. The summed E-state index contributed by atoms with van der Waals surface area (Å²) >= 11 is 0. The van der Waals surface area contributed by atoms with Crippen LogP contribution in [0.1, 0.15) is 0 Å². The first kappa shape index (κ1) is 26.9. The molecule has 0 aliphatic heterocycles. The summed E-state index contributed by atoms with van der Waals surface area (Å²) in [6.07, 6.45) is 0. The van der Waals surface area contributed by atoms with Gasteiger partial charge in [-0.25, -0.2) is 0 Å². The van der Waals surface area contributed by atoms with Crippen LogP contribution in [0.3, 0.4) is 0 Å². The average molecular weight is 422 g/mol. The first-order valence-electron chi connectivity index (χ1n) is 6.83. The zero-order valence-electron chi connectivity index (χ0n) is 14.2. The Morgan fingerprint density at radius 1 is 0.179 bits per heavy atom. The highest BCUT2D eigenvalue weighted by Gasteiger charge is 1.84. The summed E-state index contributed by atoms with van der Waals surface area (Å²) in [5, 5.41) is 0. The quantitative estimate of drug-likeness (QED) is 0.0368. The van der Waals surface area contributed by atoms with E-state index in [1.807, 2.05) is 0 Å². The van der Waals surface area contributed by atoms with Crippen LogP contribution in [0, 0.1) is 0 Å². The summed E-state index contributed by atoms with van der Waals surface area (Å²) < 4.78 is 0. The third-order valence-corrected chi connectivity index (χ3v) is 1.58. The van der Waals surface area contributed by atoms with Crippen LogP contribution in [0.4, 0.5) is 0 Å². The molecule has 0 aliphatic rings. The van der Waals surface area contributed by atoms with Crippen molar-refractivity contribution in [2.45, 2.75) is 0 Å². The molecule has 0 bridgehead atoms. The van der Waals surface area contributed by atoms with Crippen LogP contribution in [0.2, 0.25) is 0 Å². The van der Waals surface area contributed by atoms with E-state index in [1.165, 1.54) is 0 Å². The van der Waals surface area contributed by atoms with Crippen molar-refractivity contribution in [2.75, 3.05) is 0 Å². The fourth-order valence-corrected chi connectivity index (χ4v) is 0.760.